The number of rotatable bonds is 5. The Morgan fingerprint density at radius 3 is 2.54 bits per heavy atom. The van der Waals surface area contributed by atoms with E-state index in [0.29, 0.717) is 17.2 Å². The maximum absolute atomic E-state index is 12.0. The van der Waals surface area contributed by atoms with E-state index in [1.54, 1.807) is 31.0 Å². The Kier molecular flexibility index (Phi) is 4.90. The molecule has 134 valence electrons. The van der Waals surface area contributed by atoms with Gasteiger partial charge < -0.3 is 9.47 Å². The summed E-state index contributed by atoms with van der Waals surface area (Å²) in [5.74, 6) is 6.09. The fourth-order valence-electron chi connectivity index (χ4n) is 2.75. The Labute approximate surface area is 151 Å². The lowest BCUT2D eigenvalue weighted by atomic mass is 10.1. The van der Waals surface area contributed by atoms with E-state index >= 15 is 0 Å². The molecular formula is C19H20N4O3. The molecule has 26 heavy (non-hydrogen) atoms. The van der Waals surface area contributed by atoms with E-state index < -0.39 is 5.91 Å². The van der Waals surface area contributed by atoms with Crippen molar-refractivity contribution in [1.29, 1.82) is 0 Å². The second kappa shape index (κ2) is 7.28. The third-order valence-electron chi connectivity index (χ3n) is 4.10. The molecule has 0 bridgehead atoms. The van der Waals surface area contributed by atoms with Crippen molar-refractivity contribution in [3.8, 4) is 28.4 Å². The van der Waals surface area contributed by atoms with E-state index in [4.69, 9.17) is 15.3 Å². The Hall–Kier alpha value is -3.32. The number of aromatic nitrogens is 2. The largest absolute Gasteiger partial charge is 0.497 e. The van der Waals surface area contributed by atoms with Crippen molar-refractivity contribution < 1.29 is 14.3 Å². The zero-order valence-corrected chi connectivity index (χ0v) is 14.8. The van der Waals surface area contributed by atoms with E-state index in [2.05, 4.69) is 10.5 Å². The molecule has 2 aromatic carbocycles. The fourth-order valence-corrected chi connectivity index (χ4v) is 2.75. The Morgan fingerprint density at radius 2 is 1.88 bits per heavy atom. The minimum atomic E-state index is -0.467. The third-order valence-corrected chi connectivity index (χ3v) is 4.10. The smallest absolute Gasteiger partial charge is 0.285 e. The van der Waals surface area contributed by atoms with Gasteiger partial charge in [0.25, 0.3) is 5.91 Å². The summed E-state index contributed by atoms with van der Waals surface area (Å²) in [6.07, 6.45) is 0. The van der Waals surface area contributed by atoms with Crippen LogP contribution >= 0.6 is 0 Å². The lowest BCUT2D eigenvalue weighted by Gasteiger charge is -2.13. The topological polar surface area (TPSA) is 91.4 Å². The summed E-state index contributed by atoms with van der Waals surface area (Å²) in [6, 6.07) is 14.9. The van der Waals surface area contributed by atoms with Crippen LogP contribution in [0, 0.1) is 6.92 Å². The number of ether oxygens (including phenoxy) is 2. The zero-order chi connectivity index (χ0) is 18.7. The molecule has 0 atom stereocenters. The first-order valence-electron chi connectivity index (χ1n) is 7.98. The second-order valence-electron chi connectivity index (χ2n) is 5.65. The van der Waals surface area contributed by atoms with Crippen molar-refractivity contribution in [3.05, 3.63) is 59.8 Å². The number of amides is 1. The van der Waals surface area contributed by atoms with Crippen molar-refractivity contribution in [2.45, 2.75) is 6.92 Å². The molecule has 1 heterocycles. The molecule has 1 amide bonds. The number of carbonyl (C=O) groups is 1. The van der Waals surface area contributed by atoms with Crippen LogP contribution in [0.4, 0.5) is 0 Å². The maximum atomic E-state index is 12.0. The molecule has 0 aliphatic heterocycles. The Morgan fingerprint density at radius 1 is 1.12 bits per heavy atom. The molecule has 0 unspecified atom stereocenters. The van der Waals surface area contributed by atoms with Gasteiger partial charge in [0.2, 0.25) is 0 Å². The quantitative estimate of drug-likeness (QED) is 0.418. The molecular weight excluding hydrogens is 332 g/mol. The number of para-hydroxylation sites is 1. The average Bonchev–Trinajstić information content (AvgIpc) is 3.12. The van der Waals surface area contributed by atoms with Gasteiger partial charge in [0, 0.05) is 11.6 Å². The van der Waals surface area contributed by atoms with Crippen LogP contribution in [-0.2, 0) is 0 Å². The van der Waals surface area contributed by atoms with Gasteiger partial charge in [-0.15, -0.1) is 0 Å². The highest BCUT2D eigenvalue weighted by atomic mass is 16.5. The van der Waals surface area contributed by atoms with E-state index in [0.717, 1.165) is 16.8 Å². The normalized spacial score (nSPS) is 10.5. The summed E-state index contributed by atoms with van der Waals surface area (Å²) in [4.78, 5) is 12.0. The number of methoxy groups -OCH3 is 2. The summed E-state index contributed by atoms with van der Waals surface area (Å²) in [6.45, 7) is 1.98. The van der Waals surface area contributed by atoms with Crippen molar-refractivity contribution in [2.75, 3.05) is 14.2 Å². The zero-order valence-electron chi connectivity index (χ0n) is 14.8. The number of hydrogen-bond acceptors (Lipinski definition) is 5. The highest BCUT2D eigenvalue weighted by molar-refractivity contribution is 5.93. The van der Waals surface area contributed by atoms with Crippen molar-refractivity contribution in [3.63, 3.8) is 0 Å². The van der Waals surface area contributed by atoms with E-state index in [-0.39, 0.29) is 5.69 Å². The van der Waals surface area contributed by atoms with Crippen molar-refractivity contribution in [1.82, 2.24) is 15.2 Å². The molecule has 0 radical (unpaired) electrons. The summed E-state index contributed by atoms with van der Waals surface area (Å²) < 4.78 is 12.5. The average molecular weight is 352 g/mol. The molecule has 3 N–H and O–H groups in total. The lowest BCUT2D eigenvalue weighted by Crippen LogP contribution is -2.30. The van der Waals surface area contributed by atoms with E-state index in [1.807, 2.05) is 43.3 Å². The first-order chi connectivity index (χ1) is 12.6. The van der Waals surface area contributed by atoms with Crippen LogP contribution < -0.4 is 20.7 Å². The molecule has 0 spiro atoms. The van der Waals surface area contributed by atoms with Gasteiger partial charge in [-0.2, -0.15) is 5.10 Å². The number of nitrogens with zero attached hydrogens (tertiary/aromatic N) is 2. The Bertz CT molecular complexity index is 950. The summed E-state index contributed by atoms with van der Waals surface area (Å²) in [5, 5.41) is 4.44. The number of benzene rings is 2. The second-order valence-corrected chi connectivity index (χ2v) is 5.65. The SMILES string of the molecule is COc1ccc(-c2cc(C(=O)NN)nn2-c2ccccc2C)c(OC)c1. The summed E-state index contributed by atoms with van der Waals surface area (Å²) in [5.41, 5.74) is 5.69. The molecule has 0 fully saturated rings. The van der Waals surface area contributed by atoms with Crippen LogP contribution in [0.15, 0.2) is 48.5 Å². The van der Waals surface area contributed by atoms with Gasteiger partial charge in [-0.3, -0.25) is 10.2 Å². The number of nitrogen functional groups attached to an aromatic ring is 1. The standard InChI is InChI=1S/C19H20N4O3/c1-12-6-4-5-7-16(12)23-17(11-15(22-23)19(24)21-20)14-9-8-13(25-2)10-18(14)26-3/h4-11H,20H2,1-3H3,(H,21,24). The van der Waals surface area contributed by atoms with Crippen LogP contribution in [0.3, 0.4) is 0 Å². The van der Waals surface area contributed by atoms with E-state index in [1.165, 1.54) is 0 Å². The third kappa shape index (κ3) is 3.12. The predicted molar refractivity (Wildman–Crippen MR) is 98.5 cm³/mol. The molecule has 0 saturated heterocycles. The van der Waals surface area contributed by atoms with Crippen LogP contribution in [0.2, 0.25) is 0 Å². The molecule has 1 aromatic heterocycles. The Balaban J connectivity index is 2.25. The minimum Gasteiger partial charge on any atom is -0.497 e. The highest BCUT2D eigenvalue weighted by Crippen LogP contribution is 2.35. The van der Waals surface area contributed by atoms with Gasteiger partial charge in [-0.05, 0) is 36.8 Å². The first-order valence-corrected chi connectivity index (χ1v) is 7.98. The number of aryl methyl sites for hydroxylation is 1. The van der Waals surface area contributed by atoms with Crippen LogP contribution in [-0.4, -0.2) is 29.9 Å². The van der Waals surface area contributed by atoms with Crippen LogP contribution in [0.5, 0.6) is 11.5 Å². The van der Waals surface area contributed by atoms with Crippen LogP contribution in [0.25, 0.3) is 16.9 Å². The summed E-state index contributed by atoms with van der Waals surface area (Å²) >= 11 is 0. The number of hydrazine groups is 1. The molecule has 3 rings (SSSR count). The van der Waals surface area contributed by atoms with Gasteiger partial charge in [0.05, 0.1) is 25.6 Å². The predicted octanol–water partition coefficient (Wildman–Crippen LogP) is 2.47. The van der Waals surface area contributed by atoms with Crippen LogP contribution in [0.1, 0.15) is 16.1 Å². The van der Waals surface area contributed by atoms with Gasteiger partial charge in [-0.25, -0.2) is 10.5 Å². The molecule has 3 aromatic rings. The number of nitrogens with one attached hydrogen (secondary N) is 1. The molecule has 0 aliphatic carbocycles. The lowest BCUT2D eigenvalue weighted by molar-refractivity contribution is 0.0948. The summed E-state index contributed by atoms with van der Waals surface area (Å²) in [7, 11) is 3.18. The van der Waals surface area contributed by atoms with Crippen molar-refractivity contribution >= 4 is 5.91 Å². The number of nitrogens with two attached hydrogens (primary N) is 1. The maximum Gasteiger partial charge on any atom is 0.285 e. The van der Waals surface area contributed by atoms with Gasteiger partial charge >= 0.3 is 0 Å². The van der Waals surface area contributed by atoms with Crippen molar-refractivity contribution in [2.24, 2.45) is 5.84 Å². The monoisotopic (exact) mass is 352 g/mol. The molecule has 0 aliphatic rings. The molecule has 7 heteroatoms. The van der Waals surface area contributed by atoms with E-state index in [9.17, 15) is 4.79 Å². The van der Waals surface area contributed by atoms with Gasteiger partial charge in [0.1, 0.15) is 11.5 Å². The number of hydrogen-bond donors (Lipinski definition) is 2. The molecule has 0 saturated carbocycles. The van der Waals surface area contributed by atoms with Gasteiger partial charge in [0.15, 0.2) is 5.69 Å². The first kappa shape index (κ1) is 17.5. The molecule has 7 nitrogen and oxygen atoms in total. The highest BCUT2D eigenvalue weighted by Gasteiger charge is 2.19. The fraction of sp³-hybridized carbons (Fsp3) is 0.158. The number of carbonyl (C=O) groups excluding carboxylic acids is 1. The van der Waals surface area contributed by atoms with Gasteiger partial charge in [-0.1, -0.05) is 18.2 Å². The minimum absolute atomic E-state index is 0.212.